The summed E-state index contributed by atoms with van der Waals surface area (Å²) in [5.41, 5.74) is 3.60. The third-order valence-electron chi connectivity index (χ3n) is 3.50. The number of nitrogens with zero attached hydrogens (tertiary/aromatic N) is 2. The molecule has 5 nitrogen and oxygen atoms in total. The molecule has 24 heavy (non-hydrogen) atoms. The summed E-state index contributed by atoms with van der Waals surface area (Å²) in [6.07, 6.45) is 1.28. The average molecular weight is 316 g/mol. The third-order valence-corrected chi connectivity index (χ3v) is 3.50. The molecule has 0 heterocycles. The molecule has 0 aliphatic carbocycles. The van der Waals surface area contributed by atoms with Gasteiger partial charge in [-0.3, -0.25) is 4.79 Å². The van der Waals surface area contributed by atoms with E-state index in [-0.39, 0.29) is 11.5 Å². The Kier molecular flexibility index (Phi) is 5.33. The van der Waals surface area contributed by atoms with Gasteiger partial charge in [-0.15, -0.1) is 0 Å². The van der Waals surface area contributed by atoms with E-state index < -0.39 is 0 Å². The smallest absolute Gasteiger partial charge is 0.257 e. The molecule has 2 aromatic rings. The van der Waals surface area contributed by atoms with E-state index in [1.807, 2.05) is 32.0 Å². The van der Waals surface area contributed by atoms with Crippen LogP contribution < -0.4 is 10.6 Å². The summed E-state index contributed by atoms with van der Waals surface area (Å²) in [5.74, 6) is -0.264. The standard InChI is InChI=1S/C19H16N4O/c1-13-6-5-7-14(2)18(13)23-19(24)16-8-3-4-9-17(16)22-12-15(10-20)11-21/h3-9,12,22H,1-2H3,(H,23,24). The number of amides is 1. The molecule has 0 aliphatic heterocycles. The van der Waals surface area contributed by atoms with Crippen LogP contribution in [0.3, 0.4) is 0 Å². The largest absolute Gasteiger partial charge is 0.359 e. The van der Waals surface area contributed by atoms with Gasteiger partial charge in [-0.1, -0.05) is 30.3 Å². The van der Waals surface area contributed by atoms with Crippen LogP contribution in [-0.2, 0) is 0 Å². The van der Waals surface area contributed by atoms with Gasteiger partial charge >= 0.3 is 0 Å². The van der Waals surface area contributed by atoms with Crippen molar-refractivity contribution in [2.45, 2.75) is 13.8 Å². The van der Waals surface area contributed by atoms with Crippen molar-refractivity contribution in [2.24, 2.45) is 0 Å². The molecule has 0 spiro atoms. The average Bonchev–Trinajstić information content (AvgIpc) is 2.59. The predicted octanol–water partition coefficient (Wildman–Crippen LogP) is 3.90. The van der Waals surface area contributed by atoms with Gasteiger partial charge in [0.1, 0.15) is 17.7 Å². The number of allylic oxidation sites excluding steroid dienone is 1. The summed E-state index contributed by atoms with van der Waals surface area (Å²) >= 11 is 0. The van der Waals surface area contributed by atoms with Crippen LogP contribution >= 0.6 is 0 Å². The molecule has 0 aliphatic rings. The highest BCUT2D eigenvalue weighted by molar-refractivity contribution is 6.08. The van der Waals surface area contributed by atoms with E-state index in [0.717, 1.165) is 16.8 Å². The van der Waals surface area contributed by atoms with Crippen molar-refractivity contribution < 1.29 is 4.79 Å². The Hall–Kier alpha value is -3.57. The number of nitriles is 2. The fourth-order valence-corrected chi connectivity index (χ4v) is 2.24. The van der Waals surface area contributed by atoms with Crippen LogP contribution in [0.4, 0.5) is 11.4 Å². The van der Waals surface area contributed by atoms with E-state index in [1.54, 1.807) is 36.4 Å². The maximum atomic E-state index is 12.6. The van der Waals surface area contributed by atoms with E-state index in [9.17, 15) is 4.79 Å². The van der Waals surface area contributed by atoms with Gasteiger partial charge in [0.05, 0.1) is 11.3 Å². The molecule has 0 atom stereocenters. The number of anilines is 2. The Morgan fingerprint density at radius 3 is 2.25 bits per heavy atom. The van der Waals surface area contributed by atoms with Crippen LogP contribution in [0.2, 0.25) is 0 Å². The van der Waals surface area contributed by atoms with Crippen LogP contribution in [0.1, 0.15) is 21.5 Å². The number of carbonyl (C=O) groups excluding carboxylic acids is 1. The van der Waals surface area contributed by atoms with E-state index in [1.165, 1.54) is 6.20 Å². The van der Waals surface area contributed by atoms with Gasteiger partial charge in [-0.05, 0) is 37.1 Å². The fourth-order valence-electron chi connectivity index (χ4n) is 2.24. The first kappa shape index (κ1) is 16.8. The summed E-state index contributed by atoms with van der Waals surface area (Å²) in [5, 5.41) is 23.3. The van der Waals surface area contributed by atoms with Crippen LogP contribution in [0, 0.1) is 36.5 Å². The molecule has 2 rings (SSSR count). The first-order chi connectivity index (χ1) is 11.6. The van der Waals surface area contributed by atoms with E-state index >= 15 is 0 Å². The monoisotopic (exact) mass is 316 g/mol. The van der Waals surface area contributed by atoms with Gasteiger partial charge < -0.3 is 10.6 Å². The van der Waals surface area contributed by atoms with Crippen LogP contribution in [0.15, 0.2) is 54.2 Å². The molecule has 2 aromatic carbocycles. The minimum absolute atomic E-state index is 0.0695. The maximum absolute atomic E-state index is 12.6. The summed E-state index contributed by atoms with van der Waals surface area (Å²) in [6, 6.07) is 16.2. The molecule has 0 saturated carbocycles. The Balaban J connectivity index is 2.30. The van der Waals surface area contributed by atoms with Gasteiger partial charge in [0.15, 0.2) is 0 Å². The van der Waals surface area contributed by atoms with E-state index in [2.05, 4.69) is 10.6 Å². The Labute approximate surface area is 140 Å². The van der Waals surface area contributed by atoms with Crippen molar-refractivity contribution in [3.8, 4) is 12.1 Å². The zero-order chi connectivity index (χ0) is 17.5. The van der Waals surface area contributed by atoms with Crippen molar-refractivity contribution in [1.29, 1.82) is 10.5 Å². The highest BCUT2D eigenvalue weighted by Gasteiger charge is 2.13. The molecule has 0 bridgehead atoms. The van der Waals surface area contributed by atoms with Gasteiger partial charge in [-0.2, -0.15) is 10.5 Å². The number of carbonyl (C=O) groups is 1. The molecule has 2 N–H and O–H groups in total. The molecule has 5 heteroatoms. The molecular weight excluding hydrogens is 300 g/mol. The highest BCUT2D eigenvalue weighted by Crippen LogP contribution is 2.22. The Morgan fingerprint density at radius 2 is 1.62 bits per heavy atom. The van der Waals surface area contributed by atoms with Crippen molar-refractivity contribution in [3.63, 3.8) is 0 Å². The fraction of sp³-hybridized carbons (Fsp3) is 0.105. The lowest BCUT2D eigenvalue weighted by atomic mass is 10.1. The van der Waals surface area contributed by atoms with E-state index in [0.29, 0.717) is 11.3 Å². The zero-order valence-electron chi connectivity index (χ0n) is 13.4. The first-order valence-electron chi connectivity index (χ1n) is 7.30. The predicted molar refractivity (Wildman–Crippen MR) is 93.2 cm³/mol. The number of rotatable bonds is 4. The van der Waals surface area contributed by atoms with Gasteiger partial charge in [-0.25, -0.2) is 0 Å². The maximum Gasteiger partial charge on any atom is 0.257 e. The van der Waals surface area contributed by atoms with Crippen LogP contribution in [-0.4, -0.2) is 5.91 Å². The Morgan fingerprint density at radius 1 is 1.00 bits per heavy atom. The van der Waals surface area contributed by atoms with Crippen LogP contribution in [0.25, 0.3) is 0 Å². The van der Waals surface area contributed by atoms with Crippen LogP contribution in [0.5, 0.6) is 0 Å². The highest BCUT2D eigenvalue weighted by atomic mass is 16.1. The summed E-state index contributed by atoms with van der Waals surface area (Å²) in [6.45, 7) is 3.86. The lowest BCUT2D eigenvalue weighted by molar-refractivity contribution is 0.102. The van der Waals surface area contributed by atoms with Crippen molar-refractivity contribution in [3.05, 3.63) is 70.9 Å². The molecular formula is C19H16N4O. The minimum Gasteiger partial charge on any atom is -0.359 e. The zero-order valence-corrected chi connectivity index (χ0v) is 13.4. The number of benzene rings is 2. The van der Waals surface area contributed by atoms with Gasteiger partial charge in [0.25, 0.3) is 5.91 Å². The second-order valence-electron chi connectivity index (χ2n) is 5.19. The second kappa shape index (κ2) is 7.62. The van der Waals surface area contributed by atoms with E-state index in [4.69, 9.17) is 10.5 Å². The lowest BCUT2D eigenvalue weighted by Crippen LogP contribution is -2.15. The molecule has 0 saturated heterocycles. The first-order valence-corrected chi connectivity index (χ1v) is 7.30. The van der Waals surface area contributed by atoms with Gasteiger partial charge in [0, 0.05) is 11.9 Å². The summed E-state index contributed by atoms with van der Waals surface area (Å²) < 4.78 is 0. The normalized spacial score (nSPS) is 9.33. The molecule has 118 valence electrons. The quantitative estimate of drug-likeness (QED) is 0.837. The molecule has 0 radical (unpaired) electrons. The SMILES string of the molecule is Cc1cccc(C)c1NC(=O)c1ccccc1NC=C(C#N)C#N. The minimum atomic E-state index is -0.264. The van der Waals surface area contributed by atoms with Gasteiger partial charge in [0.2, 0.25) is 0 Å². The topological polar surface area (TPSA) is 88.7 Å². The summed E-state index contributed by atoms with van der Waals surface area (Å²) in [4.78, 5) is 12.6. The van der Waals surface area contributed by atoms with Crippen molar-refractivity contribution in [2.75, 3.05) is 10.6 Å². The molecule has 1 amide bonds. The lowest BCUT2D eigenvalue weighted by Gasteiger charge is -2.13. The molecule has 0 fully saturated rings. The van der Waals surface area contributed by atoms with Crippen molar-refractivity contribution in [1.82, 2.24) is 0 Å². The second-order valence-corrected chi connectivity index (χ2v) is 5.19. The summed E-state index contributed by atoms with van der Waals surface area (Å²) in [7, 11) is 0. The number of hydrogen-bond acceptors (Lipinski definition) is 4. The Bertz CT molecular complexity index is 849. The van der Waals surface area contributed by atoms with Crippen molar-refractivity contribution >= 4 is 17.3 Å². The third kappa shape index (κ3) is 3.79. The molecule has 0 unspecified atom stereocenters. The number of nitrogens with one attached hydrogen (secondary N) is 2. The molecule has 0 aromatic heterocycles. The number of hydrogen-bond donors (Lipinski definition) is 2. The number of para-hydroxylation sites is 2. The number of aryl methyl sites for hydroxylation is 2.